The maximum absolute atomic E-state index is 11.8. The van der Waals surface area contributed by atoms with Crippen LogP contribution in [0.15, 0.2) is 36.4 Å². The van der Waals surface area contributed by atoms with Gasteiger partial charge in [0.05, 0.1) is 7.11 Å². The van der Waals surface area contributed by atoms with Crippen LogP contribution in [0, 0.1) is 6.92 Å². The van der Waals surface area contributed by atoms with E-state index in [1.54, 1.807) is 7.11 Å². The summed E-state index contributed by atoms with van der Waals surface area (Å²) in [6, 6.07) is 12.0. The number of hydrogen-bond acceptors (Lipinski definition) is 3. The average molecular weight is 323 g/mol. The first-order chi connectivity index (χ1) is 11.5. The largest absolute Gasteiger partial charge is 0.496 e. The fraction of sp³-hybridized carbons (Fsp3) is 0.286. The molecule has 2 rings (SSSR count). The van der Waals surface area contributed by atoms with Gasteiger partial charge in [0.15, 0.2) is 6.29 Å². The predicted molar refractivity (Wildman–Crippen MR) is 102 cm³/mol. The molecular weight excluding hydrogens is 298 g/mol. The van der Waals surface area contributed by atoms with Crippen LogP contribution in [-0.2, 0) is 11.2 Å². The van der Waals surface area contributed by atoms with Crippen molar-refractivity contribution in [1.82, 2.24) is 0 Å². The van der Waals surface area contributed by atoms with Crippen molar-refractivity contribution in [1.29, 1.82) is 0 Å². The number of anilines is 1. The summed E-state index contributed by atoms with van der Waals surface area (Å²) in [4.78, 5) is 13.8. The molecule has 0 N–H and O–H groups in total. The summed E-state index contributed by atoms with van der Waals surface area (Å²) in [6.45, 7) is 4.16. The van der Waals surface area contributed by atoms with Crippen molar-refractivity contribution in [3.05, 3.63) is 58.7 Å². The van der Waals surface area contributed by atoms with Crippen molar-refractivity contribution in [3.63, 3.8) is 0 Å². The lowest BCUT2D eigenvalue weighted by molar-refractivity contribution is -0.103. The zero-order valence-corrected chi connectivity index (χ0v) is 15.1. The van der Waals surface area contributed by atoms with E-state index >= 15 is 0 Å². The Morgan fingerprint density at radius 2 is 1.88 bits per heavy atom. The molecule has 0 aromatic heterocycles. The van der Waals surface area contributed by atoms with Gasteiger partial charge in [-0.1, -0.05) is 37.3 Å². The molecule has 3 heteroatoms. The molecule has 0 aliphatic rings. The van der Waals surface area contributed by atoms with E-state index in [2.05, 4.69) is 13.8 Å². The highest BCUT2D eigenvalue weighted by molar-refractivity contribution is 6.15. The first-order valence-electron chi connectivity index (χ1n) is 8.13. The standard InChI is InChI=1S/C21H25NO2/c1-6-18-15(2)11-12-19(21(18)24-5)17(14-23)13-16-9-7-8-10-20(16)22(3)4/h7-14H,6H2,1-5H3/b17-13+. The van der Waals surface area contributed by atoms with E-state index < -0.39 is 0 Å². The highest BCUT2D eigenvalue weighted by atomic mass is 16.5. The van der Waals surface area contributed by atoms with Gasteiger partial charge < -0.3 is 9.64 Å². The number of aryl methyl sites for hydroxylation is 1. The number of nitrogens with zero attached hydrogens (tertiary/aromatic N) is 1. The maximum Gasteiger partial charge on any atom is 0.150 e. The molecule has 0 amide bonds. The van der Waals surface area contributed by atoms with Crippen LogP contribution >= 0.6 is 0 Å². The Morgan fingerprint density at radius 1 is 1.17 bits per heavy atom. The summed E-state index contributed by atoms with van der Waals surface area (Å²) in [6.07, 6.45) is 3.69. The molecular formula is C21H25NO2. The van der Waals surface area contributed by atoms with E-state index in [0.29, 0.717) is 5.57 Å². The minimum atomic E-state index is 0.621. The molecule has 0 aliphatic heterocycles. The van der Waals surface area contributed by atoms with Gasteiger partial charge in [0.1, 0.15) is 5.75 Å². The lowest BCUT2D eigenvalue weighted by Crippen LogP contribution is -2.10. The molecule has 0 bridgehead atoms. The molecule has 0 atom stereocenters. The number of ether oxygens (including phenoxy) is 1. The third-order valence-electron chi connectivity index (χ3n) is 4.22. The van der Waals surface area contributed by atoms with Crippen LogP contribution in [0.5, 0.6) is 5.75 Å². The van der Waals surface area contributed by atoms with E-state index in [4.69, 9.17) is 4.74 Å². The number of hydrogen-bond donors (Lipinski definition) is 0. The highest BCUT2D eigenvalue weighted by Crippen LogP contribution is 2.33. The number of carbonyl (C=O) groups is 1. The van der Waals surface area contributed by atoms with Gasteiger partial charge in [-0.2, -0.15) is 0 Å². The molecule has 0 unspecified atom stereocenters. The van der Waals surface area contributed by atoms with E-state index in [0.717, 1.165) is 40.8 Å². The number of aldehydes is 1. The quantitative estimate of drug-likeness (QED) is 0.449. The SMILES string of the molecule is CCc1c(C)ccc(/C(C=O)=C/c2ccccc2N(C)C)c1OC. The predicted octanol–water partition coefficient (Wildman–Crippen LogP) is 4.37. The summed E-state index contributed by atoms with van der Waals surface area (Å²) in [5.74, 6) is 0.790. The molecule has 3 nitrogen and oxygen atoms in total. The van der Waals surface area contributed by atoms with Crippen molar-refractivity contribution in [2.45, 2.75) is 20.3 Å². The third-order valence-corrected chi connectivity index (χ3v) is 4.22. The first-order valence-corrected chi connectivity index (χ1v) is 8.13. The van der Waals surface area contributed by atoms with E-state index in [9.17, 15) is 4.79 Å². The second-order valence-electron chi connectivity index (χ2n) is 5.97. The van der Waals surface area contributed by atoms with Gasteiger partial charge in [-0.05, 0) is 42.2 Å². The lowest BCUT2D eigenvalue weighted by atomic mass is 9.95. The molecule has 0 saturated carbocycles. The summed E-state index contributed by atoms with van der Waals surface area (Å²) < 4.78 is 5.64. The Labute approximate surface area is 144 Å². The molecule has 0 radical (unpaired) electrons. The highest BCUT2D eigenvalue weighted by Gasteiger charge is 2.14. The Hall–Kier alpha value is -2.55. The fourth-order valence-electron chi connectivity index (χ4n) is 2.99. The topological polar surface area (TPSA) is 29.5 Å². The van der Waals surface area contributed by atoms with Crippen molar-refractivity contribution in [2.75, 3.05) is 26.1 Å². The smallest absolute Gasteiger partial charge is 0.150 e. The minimum Gasteiger partial charge on any atom is -0.496 e. The van der Waals surface area contributed by atoms with Crippen LogP contribution in [0.2, 0.25) is 0 Å². The molecule has 0 fully saturated rings. The number of para-hydroxylation sites is 1. The molecule has 24 heavy (non-hydrogen) atoms. The second kappa shape index (κ2) is 7.82. The monoisotopic (exact) mass is 323 g/mol. The minimum absolute atomic E-state index is 0.621. The van der Waals surface area contributed by atoms with Crippen LogP contribution in [0.1, 0.15) is 29.2 Å². The summed E-state index contributed by atoms with van der Waals surface area (Å²) >= 11 is 0. The van der Waals surface area contributed by atoms with Crippen LogP contribution in [0.3, 0.4) is 0 Å². The van der Waals surface area contributed by atoms with Gasteiger partial charge >= 0.3 is 0 Å². The molecule has 126 valence electrons. The molecule has 0 spiro atoms. The zero-order chi connectivity index (χ0) is 17.7. The van der Waals surface area contributed by atoms with Gasteiger partial charge in [0, 0.05) is 30.9 Å². The summed E-state index contributed by atoms with van der Waals surface area (Å²) in [5, 5.41) is 0. The van der Waals surface area contributed by atoms with Gasteiger partial charge in [-0.25, -0.2) is 0 Å². The number of benzene rings is 2. The van der Waals surface area contributed by atoms with Gasteiger partial charge in [-0.15, -0.1) is 0 Å². The average Bonchev–Trinajstić information content (AvgIpc) is 2.59. The van der Waals surface area contributed by atoms with Crippen LogP contribution in [-0.4, -0.2) is 27.5 Å². The van der Waals surface area contributed by atoms with E-state index in [-0.39, 0.29) is 0 Å². The number of methoxy groups -OCH3 is 1. The van der Waals surface area contributed by atoms with Crippen molar-refractivity contribution < 1.29 is 9.53 Å². The summed E-state index contributed by atoms with van der Waals surface area (Å²) in [7, 11) is 5.65. The zero-order valence-electron chi connectivity index (χ0n) is 15.1. The number of carbonyl (C=O) groups excluding carboxylic acids is 1. The molecule has 2 aromatic carbocycles. The molecule has 0 saturated heterocycles. The van der Waals surface area contributed by atoms with Crippen molar-refractivity contribution in [2.24, 2.45) is 0 Å². The molecule has 2 aromatic rings. The van der Waals surface area contributed by atoms with Crippen LogP contribution in [0.4, 0.5) is 5.69 Å². The van der Waals surface area contributed by atoms with Crippen molar-refractivity contribution >= 4 is 23.6 Å². The lowest BCUT2D eigenvalue weighted by Gasteiger charge is -2.17. The Kier molecular flexibility index (Phi) is 5.80. The van der Waals surface area contributed by atoms with Crippen LogP contribution in [0.25, 0.3) is 11.6 Å². The molecule has 0 heterocycles. The van der Waals surface area contributed by atoms with E-state index in [1.807, 2.05) is 61.5 Å². The summed E-state index contributed by atoms with van der Waals surface area (Å²) in [5.41, 5.74) is 5.85. The maximum atomic E-state index is 11.8. The third kappa shape index (κ3) is 3.51. The second-order valence-corrected chi connectivity index (χ2v) is 5.97. The van der Waals surface area contributed by atoms with Gasteiger partial charge in [0.2, 0.25) is 0 Å². The number of rotatable bonds is 6. The van der Waals surface area contributed by atoms with Gasteiger partial charge in [0.25, 0.3) is 0 Å². The number of allylic oxidation sites excluding steroid dienone is 1. The van der Waals surface area contributed by atoms with Crippen LogP contribution < -0.4 is 9.64 Å². The Balaban J connectivity index is 2.64. The Morgan fingerprint density at radius 3 is 2.46 bits per heavy atom. The van der Waals surface area contributed by atoms with Crippen molar-refractivity contribution in [3.8, 4) is 5.75 Å². The normalized spacial score (nSPS) is 11.3. The van der Waals surface area contributed by atoms with E-state index in [1.165, 1.54) is 5.56 Å². The van der Waals surface area contributed by atoms with Gasteiger partial charge in [-0.3, -0.25) is 4.79 Å². The molecule has 0 aliphatic carbocycles. The first kappa shape index (κ1) is 17.8. The fourth-order valence-corrected chi connectivity index (χ4v) is 2.99. The Bertz CT molecular complexity index is 760.